The summed E-state index contributed by atoms with van der Waals surface area (Å²) in [5, 5.41) is 0. The van der Waals surface area contributed by atoms with E-state index in [-0.39, 0.29) is 0 Å². The second-order valence-corrected chi connectivity index (χ2v) is 3.55. The van der Waals surface area contributed by atoms with Gasteiger partial charge in [-0.1, -0.05) is 50.1 Å². The third-order valence-corrected chi connectivity index (χ3v) is 2.75. The first-order valence-electron chi connectivity index (χ1n) is 5.20. The van der Waals surface area contributed by atoms with E-state index < -0.39 is 0 Å². The van der Waals surface area contributed by atoms with E-state index in [1.807, 2.05) is 18.2 Å². The maximum Gasteiger partial charge on any atom is -0.00204 e. The Balaban J connectivity index is 3.16. The summed E-state index contributed by atoms with van der Waals surface area (Å²) in [6, 6.07) is 0. The lowest BCUT2D eigenvalue weighted by molar-refractivity contribution is 0.993. The molecule has 0 aliphatic heterocycles. The van der Waals surface area contributed by atoms with Crippen molar-refractivity contribution in [1.29, 1.82) is 0 Å². The fraction of sp³-hybridized carbons (Fsp3) is 0.200. The molecule has 1 rings (SSSR count). The van der Waals surface area contributed by atoms with Crippen LogP contribution in [0.3, 0.4) is 0 Å². The molecule has 0 heteroatoms. The minimum atomic E-state index is 0.941. The summed E-state index contributed by atoms with van der Waals surface area (Å²) in [5.41, 5.74) is 5.28. The zero-order chi connectivity index (χ0) is 11.3. The molecule has 0 bridgehead atoms. The van der Waals surface area contributed by atoms with Crippen LogP contribution in [0.5, 0.6) is 0 Å². The van der Waals surface area contributed by atoms with Gasteiger partial charge >= 0.3 is 0 Å². The van der Waals surface area contributed by atoms with Gasteiger partial charge in [0, 0.05) is 0 Å². The van der Waals surface area contributed by atoms with E-state index in [4.69, 9.17) is 0 Å². The molecule has 0 spiro atoms. The average Bonchev–Trinajstić information content (AvgIpc) is 2.28. The Morgan fingerprint density at radius 1 is 0.933 bits per heavy atom. The van der Waals surface area contributed by atoms with Crippen LogP contribution < -0.4 is 0 Å². The van der Waals surface area contributed by atoms with Crippen LogP contribution in [-0.2, 0) is 0 Å². The quantitative estimate of drug-likeness (QED) is 0.626. The maximum atomic E-state index is 3.85. The summed E-state index contributed by atoms with van der Waals surface area (Å²) in [6.07, 6.45) is 11.9. The molecule has 78 valence electrons. The normalized spacial score (nSPS) is 21.9. The first-order chi connectivity index (χ1) is 7.26. The molecule has 0 fully saturated rings. The predicted molar refractivity (Wildman–Crippen MR) is 68.7 cm³/mol. The number of allylic oxidation sites excluding steroid dienone is 9. The van der Waals surface area contributed by atoms with Gasteiger partial charge in [-0.3, -0.25) is 0 Å². The number of rotatable bonds is 3. The molecule has 0 saturated heterocycles. The molecule has 0 radical (unpaired) electrons. The van der Waals surface area contributed by atoms with Gasteiger partial charge in [-0.05, 0) is 42.1 Å². The van der Waals surface area contributed by atoms with Crippen LogP contribution in [-0.4, -0.2) is 0 Å². The molecule has 0 nitrogen and oxygen atoms in total. The van der Waals surface area contributed by atoms with Crippen molar-refractivity contribution in [2.24, 2.45) is 0 Å². The molecule has 15 heavy (non-hydrogen) atoms. The highest BCUT2D eigenvalue weighted by Crippen LogP contribution is 2.34. The molecule has 0 aromatic carbocycles. The van der Waals surface area contributed by atoms with Crippen molar-refractivity contribution in [2.45, 2.75) is 19.8 Å². The zero-order valence-corrected chi connectivity index (χ0v) is 9.42. The average molecular weight is 198 g/mol. The van der Waals surface area contributed by atoms with E-state index in [1.165, 1.54) is 22.3 Å². The minimum absolute atomic E-state index is 0.941. The Morgan fingerprint density at radius 2 is 1.47 bits per heavy atom. The van der Waals surface area contributed by atoms with Crippen LogP contribution in [0.2, 0.25) is 0 Å². The van der Waals surface area contributed by atoms with Gasteiger partial charge in [0.15, 0.2) is 0 Å². The molecule has 1 aliphatic carbocycles. The Hall–Kier alpha value is -1.56. The molecule has 1 aliphatic rings. The molecular formula is C15H18. The second kappa shape index (κ2) is 5.35. The first kappa shape index (κ1) is 11.5. The highest BCUT2D eigenvalue weighted by molar-refractivity contribution is 5.50. The topological polar surface area (TPSA) is 0 Å². The fourth-order valence-corrected chi connectivity index (χ4v) is 1.87. The fourth-order valence-electron chi connectivity index (χ4n) is 1.87. The maximum absolute atomic E-state index is 3.85. The van der Waals surface area contributed by atoms with Gasteiger partial charge in [0.2, 0.25) is 0 Å². The van der Waals surface area contributed by atoms with Crippen LogP contribution >= 0.6 is 0 Å². The van der Waals surface area contributed by atoms with Crippen molar-refractivity contribution < 1.29 is 0 Å². The number of hydrogen-bond acceptors (Lipinski definition) is 0. The second-order valence-electron chi connectivity index (χ2n) is 3.55. The molecule has 0 atom stereocenters. The van der Waals surface area contributed by atoms with Crippen LogP contribution in [0.15, 0.2) is 72.4 Å². The highest BCUT2D eigenvalue weighted by Gasteiger charge is 2.15. The van der Waals surface area contributed by atoms with Crippen LogP contribution in [0.25, 0.3) is 0 Å². The van der Waals surface area contributed by atoms with E-state index in [0.29, 0.717) is 0 Å². The van der Waals surface area contributed by atoms with Crippen LogP contribution in [0.1, 0.15) is 19.8 Å². The lowest BCUT2D eigenvalue weighted by Gasteiger charge is -2.21. The van der Waals surface area contributed by atoms with Crippen LogP contribution in [0.4, 0.5) is 0 Å². The third kappa shape index (κ3) is 2.47. The van der Waals surface area contributed by atoms with Crippen molar-refractivity contribution in [2.75, 3.05) is 0 Å². The van der Waals surface area contributed by atoms with Gasteiger partial charge in [-0.25, -0.2) is 0 Å². The molecule has 0 heterocycles. The van der Waals surface area contributed by atoms with Gasteiger partial charge in [0.1, 0.15) is 0 Å². The summed E-state index contributed by atoms with van der Waals surface area (Å²) in [4.78, 5) is 0. The van der Waals surface area contributed by atoms with Crippen molar-refractivity contribution in [3.05, 3.63) is 72.4 Å². The van der Waals surface area contributed by atoms with Gasteiger partial charge < -0.3 is 0 Å². The zero-order valence-electron chi connectivity index (χ0n) is 9.42. The van der Waals surface area contributed by atoms with E-state index in [2.05, 4.69) is 38.8 Å². The van der Waals surface area contributed by atoms with Crippen molar-refractivity contribution in [3.8, 4) is 0 Å². The Morgan fingerprint density at radius 3 is 1.87 bits per heavy atom. The number of hydrogen-bond donors (Lipinski definition) is 0. The van der Waals surface area contributed by atoms with Gasteiger partial charge in [-0.2, -0.15) is 0 Å². The Bertz CT molecular complexity index is 373. The van der Waals surface area contributed by atoms with Crippen LogP contribution in [0, 0.1) is 0 Å². The van der Waals surface area contributed by atoms with E-state index in [1.54, 1.807) is 0 Å². The molecule has 0 amide bonds. The molecule has 0 aromatic heterocycles. The largest absolute Gasteiger partial charge is 0.0991 e. The molecule has 0 saturated carbocycles. The summed E-state index contributed by atoms with van der Waals surface area (Å²) in [7, 11) is 0. The van der Waals surface area contributed by atoms with Crippen molar-refractivity contribution >= 4 is 0 Å². The summed E-state index contributed by atoms with van der Waals surface area (Å²) in [5.74, 6) is 0. The van der Waals surface area contributed by atoms with E-state index in [9.17, 15) is 0 Å². The molecular weight excluding hydrogens is 180 g/mol. The smallest absolute Gasteiger partial charge is 0.00204 e. The Labute approximate surface area is 92.7 Å². The summed E-state index contributed by atoms with van der Waals surface area (Å²) < 4.78 is 0. The lowest BCUT2D eigenvalue weighted by Crippen LogP contribution is -2.02. The molecule has 0 unspecified atom stereocenters. The first-order valence-corrected chi connectivity index (χ1v) is 5.20. The van der Waals surface area contributed by atoms with Crippen molar-refractivity contribution in [3.63, 3.8) is 0 Å². The standard InChI is InChI=1S/C15H18/c1-5-9-15-11-13(7-3)12(6-2)10-14(15)8-4/h5-9H,1-3,10-11H2,4H3/b14-8-,15-9-. The van der Waals surface area contributed by atoms with E-state index >= 15 is 0 Å². The monoisotopic (exact) mass is 198 g/mol. The predicted octanol–water partition coefficient (Wildman–Crippen LogP) is 4.51. The van der Waals surface area contributed by atoms with Gasteiger partial charge in [0.05, 0.1) is 0 Å². The Kier molecular flexibility index (Phi) is 4.11. The summed E-state index contributed by atoms with van der Waals surface area (Å²) in [6.45, 7) is 13.5. The van der Waals surface area contributed by atoms with E-state index in [0.717, 1.165) is 12.8 Å². The third-order valence-electron chi connectivity index (χ3n) is 2.75. The van der Waals surface area contributed by atoms with Crippen molar-refractivity contribution in [1.82, 2.24) is 0 Å². The van der Waals surface area contributed by atoms with Gasteiger partial charge in [-0.15, -0.1) is 0 Å². The molecule has 0 aromatic rings. The molecule has 0 N–H and O–H groups in total. The highest BCUT2D eigenvalue weighted by atomic mass is 14.2. The SMILES string of the molecule is C=C/C=C1/CC(C=C)=C(C=C)C/C1=C/C. The lowest BCUT2D eigenvalue weighted by atomic mass is 9.83. The summed E-state index contributed by atoms with van der Waals surface area (Å²) >= 11 is 0. The minimum Gasteiger partial charge on any atom is -0.0991 e. The van der Waals surface area contributed by atoms with Gasteiger partial charge in [0.25, 0.3) is 0 Å².